The molecule has 0 aromatic heterocycles. The molecule has 2 nitrogen and oxygen atoms in total. The third kappa shape index (κ3) is 3.76. The molecule has 0 heterocycles. The number of benzene rings is 1. The van der Waals surface area contributed by atoms with Gasteiger partial charge in [0.1, 0.15) is 0 Å². The van der Waals surface area contributed by atoms with E-state index < -0.39 is 0 Å². The minimum atomic E-state index is 0.0820. The summed E-state index contributed by atoms with van der Waals surface area (Å²) in [7, 11) is 0. The number of halogens is 1. The van der Waals surface area contributed by atoms with Crippen molar-refractivity contribution in [3.05, 3.63) is 28.2 Å². The Kier molecular flexibility index (Phi) is 5.14. The topological polar surface area (TPSA) is 38.0 Å². The monoisotopic (exact) mass is 338 g/mol. The van der Waals surface area contributed by atoms with Crippen molar-refractivity contribution in [3.63, 3.8) is 0 Å². The Bertz CT molecular complexity index is 428. The van der Waals surface area contributed by atoms with Gasteiger partial charge in [0.2, 0.25) is 0 Å². The van der Waals surface area contributed by atoms with Gasteiger partial charge in [-0.2, -0.15) is 0 Å². The second-order valence-electron chi connectivity index (χ2n) is 6.71. The van der Waals surface area contributed by atoms with E-state index in [4.69, 9.17) is 5.73 Å². The molecule has 112 valence electrons. The summed E-state index contributed by atoms with van der Waals surface area (Å²) in [4.78, 5) is 0. The molecule has 20 heavy (non-hydrogen) atoms. The van der Waals surface area contributed by atoms with Crippen molar-refractivity contribution < 1.29 is 0 Å². The number of anilines is 1. The van der Waals surface area contributed by atoms with E-state index in [-0.39, 0.29) is 5.54 Å². The fourth-order valence-corrected chi connectivity index (χ4v) is 3.96. The molecule has 0 bridgehead atoms. The van der Waals surface area contributed by atoms with Crippen molar-refractivity contribution in [2.45, 2.75) is 52.0 Å². The first kappa shape index (κ1) is 15.8. The Labute approximate surface area is 131 Å². The number of nitrogens with two attached hydrogens (primary N) is 1. The zero-order chi connectivity index (χ0) is 14.8. The van der Waals surface area contributed by atoms with Crippen LogP contribution in [0, 0.1) is 18.8 Å². The molecule has 0 unspecified atom stereocenters. The van der Waals surface area contributed by atoms with Crippen LogP contribution in [-0.4, -0.2) is 12.1 Å². The molecule has 0 amide bonds. The van der Waals surface area contributed by atoms with Gasteiger partial charge in [-0.05, 0) is 68.2 Å². The molecule has 1 fully saturated rings. The predicted molar refractivity (Wildman–Crippen MR) is 91.1 cm³/mol. The quantitative estimate of drug-likeness (QED) is 0.833. The smallest absolute Gasteiger partial charge is 0.0495 e. The molecule has 1 aromatic carbocycles. The fourth-order valence-electron chi connectivity index (χ4n) is 3.35. The normalized spacial score (nSPS) is 26.8. The highest BCUT2D eigenvalue weighted by Crippen LogP contribution is 2.37. The molecular weight excluding hydrogens is 312 g/mol. The van der Waals surface area contributed by atoms with Gasteiger partial charge in [0.05, 0.1) is 0 Å². The summed E-state index contributed by atoms with van der Waals surface area (Å²) in [5.74, 6) is 1.65. The van der Waals surface area contributed by atoms with Crippen molar-refractivity contribution in [1.82, 2.24) is 0 Å². The van der Waals surface area contributed by atoms with E-state index in [1.807, 2.05) is 0 Å². The van der Waals surface area contributed by atoms with Crippen molar-refractivity contribution in [3.8, 4) is 0 Å². The molecule has 3 N–H and O–H groups in total. The van der Waals surface area contributed by atoms with Crippen LogP contribution in [0.15, 0.2) is 22.7 Å². The van der Waals surface area contributed by atoms with Crippen molar-refractivity contribution in [1.29, 1.82) is 0 Å². The van der Waals surface area contributed by atoms with Crippen LogP contribution in [0.2, 0.25) is 0 Å². The van der Waals surface area contributed by atoms with Crippen LogP contribution in [0.1, 0.15) is 45.1 Å². The molecule has 1 saturated carbocycles. The van der Waals surface area contributed by atoms with Gasteiger partial charge in [-0.25, -0.2) is 0 Å². The van der Waals surface area contributed by atoms with Crippen LogP contribution in [0.4, 0.5) is 5.69 Å². The highest BCUT2D eigenvalue weighted by atomic mass is 79.9. The van der Waals surface area contributed by atoms with E-state index in [1.54, 1.807) is 0 Å². The average Bonchev–Trinajstić information content (AvgIpc) is 2.38. The lowest BCUT2D eigenvalue weighted by Gasteiger charge is -2.42. The zero-order valence-corrected chi connectivity index (χ0v) is 14.5. The molecule has 0 atom stereocenters. The number of hydrogen-bond acceptors (Lipinski definition) is 2. The lowest BCUT2D eigenvalue weighted by atomic mass is 9.72. The highest BCUT2D eigenvalue weighted by Gasteiger charge is 2.34. The SMILES string of the molecule is Cc1cc(Br)cc(NC2(CN)CCC(C(C)C)CC2)c1. The minimum absolute atomic E-state index is 0.0820. The lowest BCUT2D eigenvalue weighted by molar-refractivity contribution is 0.213. The first-order valence-corrected chi connectivity index (χ1v) is 8.49. The maximum absolute atomic E-state index is 6.11. The summed E-state index contributed by atoms with van der Waals surface area (Å²) in [5, 5.41) is 3.73. The van der Waals surface area contributed by atoms with Crippen molar-refractivity contribution in [2.24, 2.45) is 17.6 Å². The van der Waals surface area contributed by atoms with Crippen molar-refractivity contribution >= 4 is 21.6 Å². The summed E-state index contributed by atoms with van der Waals surface area (Å²) >= 11 is 3.57. The lowest BCUT2D eigenvalue weighted by Crippen LogP contribution is -2.48. The van der Waals surface area contributed by atoms with Crippen LogP contribution in [0.25, 0.3) is 0 Å². The zero-order valence-electron chi connectivity index (χ0n) is 12.9. The Morgan fingerprint density at radius 1 is 1.30 bits per heavy atom. The van der Waals surface area contributed by atoms with E-state index in [0.29, 0.717) is 6.54 Å². The maximum atomic E-state index is 6.11. The van der Waals surface area contributed by atoms with Crippen molar-refractivity contribution in [2.75, 3.05) is 11.9 Å². The summed E-state index contributed by atoms with van der Waals surface area (Å²) in [6, 6.07) is 6.49. The summed E-state index contributed by atoms with van der Waals surface area (Å²) < 4.78 is 1.13. The molecule has 1 aliphatic carbocycles. The first-order chi connectivity index (χ1) is 9.44. The van der Waals surface area contributed by atoms with Gasteiger partial charge < -0.3 is 11.1 Å². The Hall–Kier alpha value is -0.540. The van der Waals surface area contributed by atoms with E-state index in [9.17, 15) is 0 Å². The Balaban J connectivity index is 2.09. The molecule has 2 rings (SSSR count). The van der Waals surface area contributed by atoms with Crippen LogP contribution in [0.3, 0.4) is 0 Å². The molecular formula is C17H27BrN2. The van der Waals surface area contributed by atoms with Gasteiger partial charge in [-0.15, -0.1) is 0 Å². The number of aryl methyl sites for hydroxylation is 1. The second kappa shape index (κ2) is 6.48. The molecule has 3 heteroatoms. The van der Waals surface area contributed by atoms with Gasteiger partial charge in [0.15, 0.2) is 0 Å². The van der Waals surface area contributed by atoms with Crippen LogP contribution >= 0.6 is 15.9 Å². The predicted octanol–water partition coefficient (Wildman–Crippen LogP) is 4.71. The molecule has 1 aromatic rings. The summed E-state index contributed by atoms with van der Waals surface area (Å²) in [6.07, 6.45) is 4.93. The maximum Gasteiger partial charge on any atom is 0.0495 e. The molecule has 0 spiro atoms. The molecule has 1 aliphatic rings. The van der Waals surface area contributed by atoms with Gasteiger partial charge >= 0.3 is 0 Å². The van der Waals surface area contributed by atoms with Gasteiger partial charge in [0, 0.05) is 22.2 Å². The van der Waals surface area contributed by atoms with Gasteiger partial charge in [-0.1, -0.05) is 29.8 Å². The van der Waals surface area contributed by atoms with Crippen LogP contribution < -0.4 is 11.1 Å². The van der Waals surface area contributed by atoms with Crippen LogP contribution in [-0.2, 0) is 0 Å². The molecule has 0 saturated heterocycles. The Morgan fingerprint density at radius 2 is 1.95 bits per heavy atom. The van der Waals surface area contributed by atoms with Gasteiger partial charge in [0.25, 0.3) is 0 Å². The van der Waals surface area contributed by atoms with Gasteiger partial charge in [-0.3, -0.25) is 0 Å². The number of rotatable bonds is 4. The van der Waals surface area contributed by atoms with E-state index in [0.717, 1.165) is 16.3 Å². The molecule has 0 radical (unpaired) electrons. The van der Waals surface area contributed by atoms with E-state index in [1.165, 1.54) is 36.9 Å². The summed E-state index contributed by atoms with van der Waals surface area (Å²) in [5.41, 5.74) is 8.65. The first-order valence-electron chi connectivity index (χ1n) is 7.69. The number of hydrogen-bond donors (Lipinski definition) is 2. The van der Waals surface area contributed by atoms with E-state index in [2.05, 4.69) is 60.2 Å². The second-order valence-corrected chi connectivity index (χ2v) is 7.62. The highest BCUT2D eigenvalue weighted by molar-refractivity contribution is 9.10. The largest absolute Gasteiger partial charge is 0.378 e. The minimum Gasteiger partial charge on any atom is -0.378 e. The fraction of sp³-hybridized carbons (Fsp3) is 0.647. The van der Waals surface area contributed by atoms with E-state index >= 15 is 0 Å². The molecule has 0 aliphatic heterocycles. The average molecular weight is 339 g/mol. The third-order valence-electron chi connectivity index (χ3n) is 4.77. The summed E-state index contributed by atoms with van der Waals surface area (Å²) in [6.45, 7) is 7.51. The van der Waals surface area contributed by atoms with Crippen LogP contribution in [0.5, 0.6) is 0 Å². The third-order valence-corrected chi connectivity index (χ3v) is 5.23. The Morgan fingerprint density at radius 3 is 2.45 bits per heavy atom. The standard InChI is InChI=1S/C17H27BrN2/c1-12(2)14-4-6-17(11-19,7-5-14)20-16-9-13(3)8-15(18)10-16/h8-10,12,14,20H,4-7,11,19H2,1-3H3. The number of nitrogens with one attached hydrogen (secondary N) is 1.